The molecule has 0 radical (unpaired) electrons. The van der Waals surface area contributed by atoms with Gasteiger partial charge < -0.3 is 5.32 Å². The maximum atomic E-state index is 13.4. The van der Waals surface area contributed by atoms with E-state index in [1.54, 1.807) is 19.4 Å². The number of nitrogens with zero attached hydrogens (tertiary/aromatic N) is 4. The highest BCUT2D eigenvalue weighted by molar-refractivity contribution is 14.1. The second kappa shape index (κ2) is 4.09. The van der Waals surface area contributed by atoms with Crippen LogP contribution >= 0.6 is 22.6 Å². The van der Waals surface area contributed by atoms with Crippen molar-refractivity contribution in [2.45, 2.75) is 0 Å². The molecule has 0 bridgehead atoms. The van der Waals surface area contributed by atoms with Gasteiger partial charge in [0.2, 0.25) is 5.95 Å². The summed E-state index contributed by atoms with van der Waals surface area (Å²) in [6.45, 7) is 0. The van der Waals surface area contributed by atoms with Crippen molar-refractivity contribution in [1.29, 1.82) is 0 Å². The fraction of sp³-hybridized carbons (Fsp3) is 0.125. The van der Waals surface area contributed by atoms with Gasteiger partial charge in [-0.3, -0.25) is 0 Å². The Morgan fingerprint density at radius 3 is 2.87 bits per heavy atom. The van der Waals surface area contributed by atoms with Crippen LogP contribution in [0.25, 0.3) is 5.82 Å². The van der Waals surface area contributed by atoms with Crippen molar-refractivity contribution in [1.82, 2.24) is 19.7 Å². The summed E-state index contributed by atoms with van der Waals surface area (Å²) in [6, 6.07) is 0. The lowest BCUT2D eigenvalue weighted by molar-refractivity contribution is 0.593. The topological polar surface area (TPSA) is 55.6 Å². The van der Waals surface area contributed by atoms with E-state index in [4.69, 9.17) is 0 Å². The molecule has 2 heterocycles. The summed E-state index contributed by atoms with van der Waals surface area (Å²) in [6.07, 6.45) is 4.43. The second-order valence-electron chi connectivity index (χ2n) is 2.72. The summed E-state index contributed by atoms with van der Waals surface area (Å²) in [4.78, 5) is 7.72. The van der Waals surface area contributed by atoms with E-state index in [0.717, 1.165) is 9.77 Å². The summed E-state index contributed by atoms with van der Waals surface area (Å²) in [5.74, 6) is -0.0114. The summed E-state index contributed by atoms with van der Waals surface area (Å²) >= 11 is 2.09. The molecule has 2 rings (SSSR count). The molecule has 78 valence electrons. The molecule has 0 aromatic carbocycles. The molecule has 1 N–H and O–H groups in total. The van der Waals surface area contributed by atoms with Crippen LogP contribution in [0.15, 0.2) is 18.6 Å². The molecular weight excluding hydrogens is 312 g/mol. The van der Waals surface area contributed by atoms with Crippen molar-refractivity contribution in [2.24, 2.45) is 0 Å². The van der Waals surface area contributed by atoms with Gasteiger partial charge in [0.05, 0.1) is 16.0 Å². The largest absolute Gasteiger partial charge is 0.357 e. The van der Waals surface area contributed by atoms with Crippen LogP contribution in [0.1, 0.15) is 0 Å². The summed E-state index contributed by atoms with van der Waals surface area (Å²) in [5, 5.41) is 6.71. The number of hydrogen-bond donors (Lipinski definition) is 1. The monoisotopic (exact) mass is 319 g/mol. The van der Waals surface area contributed by atoms with E-state index in [1.165, 1.54) is 4.68 Å². The van der Waals surface area contributed by atoms with Gasteiger partial charge in [0.1, 0.15) is 0 Å². The molecule has 7 heteroatoms. The Morgan fingerprint density at radius 1 is 1.47 bits per heavy atom. The lowest BCUT2D eigenvalue weighted by Crippen LogP contribution is -2.06. The normalized spacial score (nSPS) is 10.3. The van der Waals surface area contributed by atoms with Crippen LogP contribution in [-0.4, -0.2) is 26.8 Å². The third-order valence-corrected chi connectivity index (χ3v) is 2.27. The van der Waals surface area contributed by atoms with Gasteiger partial charge in [-0.05, 0) is 22.6 Å². The zero-order valence-electron chi connectivity index (χ0n) is 7.78. The van der Waals surface area contributed by atoms with Gasteiger partial charge in [0.15, 0.2) is 11.6 Å². The molecule has 5 nitrogen and oxygen atoms in total. The molecule has 0 aliphatic rings. The lowest BCUT2D eigenvalue weighted by atomic mass is 10.5. The first-order valence-electron chi connectivity index (χ1n) is 4.11. The van der Waals surface area contributed by atoms with E-state index < -0.39 is 5.82 Å². The van der Waals surface area contributed by atoms with E-state index in [-0.39, 0.29) is 5.82 Å². The number of anilines is 1. The van der Waals surface area contributed by atoms with Crippen molar-refractivity contribution < 1.29 is 4.39 Å². The highest BCUT2D eigenvalue weighted by Crippen LogP contribution is 2.12. The van der Waals surface area contributed by atoms with Gasteiger partial charge in [0, 0.05) is 13.2 Å². The fourth-order valence-electron chi connectivity index (χ4n) is 1.06. The number of hydrogen-bond acceptors (Lipinski definition) is 4. The molecule has 2 aromatic rings. The minimum absolute atomic E-state index is 0.136. The lowest BCUT2D eigenvalue weighted by Gasteiger charge is -2.03. The zero-order chi connectivity index (χ0) is 10.8. The van der Waals surface area contributed by atoms with Gasteiger partial charge in [-0.2, -0.15) is 10.1 Å². The molecule has 0 saturated carbocycles. The third kappa shape index (κ3) is 2.06. The predicted octanol–water partition coefficient (Wildman–Crippen LogP) is 1.45. The molecule has 0 saturated heterocycles. The molecule has 0 aliphatic heterocycles. The smallest absolute Gasteiger partial charge is 0.224 e. The SMILES string of the molecule is CNc1ncc(F)c(-n2cc(I)cn2)n1. The molecule has 0 atom stereocenters. The van der Waals surface area contributed by atoms with Crippen LogP contribution < -0.4 is 5.32 Å². The van der Waals surface area contributed by atoms with E-state index in [2.05, 4.69) is 43.0 Å². The van der Waals surface area contributed by atoms with Gasteiger partial charge in [-0.1, -0.05) is 0 Å². The molecule has 0 unspecified atom stereocenters. The molecule has 0 amide bonds. The van der Waals surface area contributed by atoms with Crippen LogP contribution in [0.4, 0.5) is 10.3 Å². The first-order valence-corrected chi connectivity index (χ1v) is 5.19. The van der Waals surface area contributed by atoms with Crippen molar-refractivity contribution in [2.75, 3.05) is 12.4 Å². The fourth-order valence-corrected chi connectivity index (χ4v) is 1.44. The van der Waals surface area contributed by atoms with Gasteiger partial charge in [0.25, 0.3) is 0 Å². The summed E-state index contributed by atoms with van der Waals surface area (Å²) in [7, 11) is 1.67. The minimum atomic E-state index is -0.506. The minimum Gasteiger partial charge on any atom is -0.357 e. The second-order valence-corrected chi connectivity index (χ2v) is 3.96. The van der Waals surface area contributed by atoms with Gasteiger partial charge in [-0.25, -0.2) is 14.1 Å². The third-order valence-electron chi connectivity index (χ3n) is 1.72. The molecule has 2 aromatic heterocycles. The number of nitrogens with one attached hydrogen (secondary N) is 1. The average molecular weight is 319 g/mol. The average Bonchev–Trinajstić information content (AvgIpc) is 2.65. The number of aromatic nitrogens is 4. The van der Waals surface area contributed by atoms with Crippen LogP contribution in [0.3, 0.4) is 0 Å². The Hall–Kier alpha value is -1.25. The van der Waals surface area contributed by atoms with Gasteiger partial charge in [-0.15, -0.1) is 0 Å². The van der Waals surface area contributed by atoms with Gasteiger partial charge >= 0.3 is 0 Å². The standard InChI is InChI=1S/C8H7FIN5/c1-11-8-12-3-6(9)7(14-8)15-4-5(10)2-13-15/h2-4H,1H3,(H,11,12,14). The van der Waals surface area contributed by atoms with E-state index >= 15 is 0 Å². The highest BCUT2D eigenvalue weighted by atomic mass is 127. The van der Waals surface area contributed by atoms with E-state index in [9.17, 15) is 4.39 Å². The first-order chi connectivity index (χ1) is 7.20. The molecule has 0 fully saturated rings. The number of rotatable bonds is 2. The molecule has 15 heavy (non-hydrogen) atoms. The van der Waals surface area contributed by atoms with Crippen LogP contribution in [0.2, 0.25) is 0 Å². The predicted molar refractivity (Wildman–Crippen MR) is 61.4 cm³/mol. The highest BCUT2D eigenvalue weighted by Gasteiger charge is 2.09. The Bertz CT molecular complexity index is 484. The Balaban J connectivity index is 2.51. The molecule has 0 aliphatic carbocycles. The van der Waals surface area contributed by atoms with E-state index in [1.807, 2.05) is 0 Å². The Labute approximate surface area is 98.9 Å². The molecule has 0 spiro atoms. The Kier molecular flexibility index (Phi) is 2.80. The number of halogens is 2. The molecular formula is C8H7FIN5. The van der Waals surface area contributed by atoms with Crippen molar-refractivity contribution in [3.63, 3.8) is 0 Å². The first kappa shape index (κ1) is 10.3. The maximum Gasteiger partial charge on any atom is 0.224 e. The van der Waals surface area contributed by atoms with Crippen molar-refractivity contribution in [3.05, 3.63) is 28.0 Å². The maximum absolute atomic E-state index is 13.4. The zero-order valence-corrected chi connectivity index (χ0v) is 9.93. The van der Waals surface area contributed by atoms with Crippen LogP contribution in [0.5, 0.6) is 0 Å². The summed E-state index contributed by atoms with van der Waals surface area (Å²) < 4.78 is 15.7. The van der Waals surface area contributed by atoms with Crippen LogP contribution in [-0.2, 0) is 0 Å². The summed E-state index contributed by atoms with van der Waals surface area (Å²) in [5.41, 5.74) is 0. The van der Waals surface area contributed by atoms with Crippen molar-refractivity contribution in [3.8, 4) is 5.82 Å². The Morgan fingerprint density at radius 2 is 2.27 bits per heavy atom. The quantitative estimate of drug-likeness (QED) is 0.851. The van der Waals surface area contributed by atoms with Crippen LogP contribution in [0, 0.1) is 9.39 Å². The van der Waals surface area contributed by atoms with Crippen molar-refractivity contribution >= 4 is 28.5 Å². The van der Waals surface area contributed by atoms with E-state index in [0.29, 0.717) is 5.95 Å².